The van der Waals surface area contributed by atoms with E-state index in [-0.39, 0.29) is 11.6 Å². The first kappa shape index (κ1) is 14.2. The molecule has 3 aromatic rings. The quantitative estimate of drug-likeness (QED) is 0.753. The van der Waals surface area contributed by atoms with Crippen LogP contribution in [-0.4, -0.2) is 24.0 Å². The molecule has 110 valence electrons. The molecular formula is C16H12N2O3S. The Morgan fingerprint density at radius 2 is 1.91 bits per heavy atom. The monoisotopic (exact) mass is 312 g/mol. The molecule has 0 aliphatic carbocycles. The molecule has 0 unspecified atom stereocenters. The standard InChI is InChI=1S/C16H12N2O3S/c1-21-16(20)14-13(10-6-2-3-8-12(10)22-14)18-15(19)11-7-4-5-9-17-11/h2-9H,1H3,(H,18,19). The molecule has 2 aromatic heterocycles. The summed E-state index contributed by atoms with van der Waals surface area (Å²) in [4.78, 5) is 28.6. The third-order valence-corrected chi connectivity index (χ3v) is 4.25. The van der Waals surface area contributed by atoms with Crippen LogP contribution in [0.4, 0.5) is 5.69 Å². The Kier molecular flexibility index (Phi) is 3.84. The first-order valence-electron chi connectivity index (χ1n) is 6.53. The van der Waals surface area contributed by atoms with Gasteiger partial charge in [0.05, 0.1) is 12.8 Å². The van der Waals surface area contributed by atoms with Gasteiger partial charge in [0, 0.05) is 16.3 Å². The minimum absolute atomic E-state index is 0.286. The van der Waals surface area contributed by atoms with Crippen LogP contribution in [0.3, 0.4) is 0 Å². The summed E-state index contributed by atoms with van der Waals surface area (Å²) in [6.07, 6.45) is 1.54. The van der Waals surface area contributed by atoms with E-state index in [2.05, 4.69) is 10.3 Å². The van der Waals surface area contributed by atoms with E-state index in [1.807, 2.05) is 24.3 Å². The van der Waals surface area contributed by atoms with Gasteiger partial charge >= 0.3 is 5.97 Å². The zero-order valence-corrected chi connectivity index (χ0v) is 12.5. The van der Waals surface area contributed by atoms with Crippen molar-refractivity contribution in [2.45, 2.75) is 0 Å². The van der Waals surface area contributed by atoms with Crippen molar-refractivity contribution in [2.75, 3.05) is 12.4 Å². The number of nitrogens with one attached hydrogen (secondary N) is 1. The molecule has 22 heavy (non-hydrogen) atoms. The molecule has 0 saturated heterocycles. The number of carbonyl (C=O) groups excluding carboxylic acids is 2. The van der Waals surface area contributed by atoms with Crippen LogP contribution in [0.2, 0.25) is 0 Å². The fraction of sp³-hybridized carbons (Fsp3) is 0.0625. The van der Waals surface area contributed by atoms with Gasteiger partial charge in [0.15, 0.2) is 0 Å². The maximum atomic E-state index is 12.3. The second-order valence-corrected chi connectivity index (χ2v) is 5.52. The Morgan fingerprint density at radius 3 is 2.64 bits per heavy atom. The summed E-state index contributed by atoms with van der Waals surface area (Å²) in [5.74, 6) is -0.841. The number of carbonyl (C=O) groups is 2. The maximum absolute atomic E-state index is 12.3. The molecule has 0 aliphatic rings. The van der Waals surface area contributed by atoms with Crippen molar-refractivity contribution in [3.05, 3.63) is 59.2 Å². The number of hydrogen-bond donors (Lipinski definition) is 1. The summed E-state index contributed by atoms with van der Waals surface area (Å²) in [5.41, 5.74) is 0.747. The van der Waals surface area contributed by atoms with Crippen molar-refractivity contribution in [1.29, 1.82) is 0 Å². The van der Waals surface area contributed by atoms with E-state index in [1.165, 1.54) is 18.4 Å². The number of benzene rings is 1. The zero-order chi connectivity index (χ0) is 15.5. The van der Waals surface area contributed by atoms with Crippen LogP contribution < -0.4 is 5.32 Å². The predicted octanol–water partition coefficient (Wildman–Crippen LogP) is 3.34. The second-order valence-electron chi connectivity index (χ2n) is 4.46. The van der Waals surface area contributed by atoms with E-state index in [1.54, 1.807) is 24.4 Å². The van der Waals surface area contributed by atoms with Gasteiger partial charge in [-0.05, 0) is 18.2 Å². The van der Waals surface area contributed by atoms with Crippen LogP contribution in [0.25, 0.3) is 10.1 Å². The van der Waals surface area contributed by atoms with Crippen LogP contribution in [0, 0.1) is 0 Å². The lowest BCUT2D eigenvalue weighted by molar-refractivity contribution is 0.0607. The number of ether oxygens (including phenoxy) is 1. The Labute approximate surface area is 130 Å². The van der Waals surface area contributed by atoms with Gasteiger partial charge < -0.3 is 10.1 Å². The van der Waals surface area contributed by atoms with Crippen molar-refractivity contribution >= 4 is 39.0 Å². The number of aromatic nitrogens is 1. The molecule has 0 saturated carbocycles. The van der Waals surface area contributed by atoms with E-state index in [0.717, 1.165) is 10.1 Å². The van der Waals surface area contributed by atoms with Crippen LogP contribution >= 0.6 is 11.3 Å². The highest BCUT2D eigenvalue weighted by Gasteiger charge is 2.21. The average Bonchev–Trinajstić information content (AvgIpc) is 2.93. The molecule has 1 aromatic carbocycles. The number of fused-ring (bicyclic) bond motifs is 1. The molecule has 5 nitrogen and oxygen atoms in total. The normalized spacial score (nSPS) is 10.4. The van der Waals surface area contributed by atoms with Gasteiger partial charge in [-0.3, -0.25) is 9.78 Å². The van der Waals surface area contributed by atoms with Crippen LogP contribution in [0.15, 0.2) is 48.7 Å². The molecule has 1 N–H and O–H groups in total. The van der Waals surface area contributed by atoms with Gasteiger partial charge in [-0.2, -0.15) is 0 Å². The average molecular weight is 312 g/mol. The van der Waals surface area contributed by atoms with Gasteiger partial charge in [-0.1, -0.05) is 24.3 Å². The maximum Gasteiger partial charge on any atom is 0.350 e. The molecule has 0 atom stereocenters. The Morgan fingerprint density at radius 1 is 1.14 bits per heavy atom. The van der Waals surface area contributed by atoms with Gasteiger partial charge in [-0.25, -0.2) is 4.79 Å². The summed E-state index contributed by atoms with van der Waals surface area (Å²) in [7, 11) is 1.32. The molecular weight excluding hydrogens is 300 g/mol. The Hall–Kier alpha value is -2.73. The first-order valence-corrected chi connectivity index (χ1v) is 7.34. The van der Waals surface area contributed by atoms with E-state index in [4.69, 9.17) is 4.74 Å². The lowest BCUT2D eigenvalue weighted by Crippen LogP contribution is -2.15. The lowest BCUT2D eigenvalue weighted by atomic mass is 10.2. The van der Waals surface area contributed by atoms with Gasteiger partial charge in [0.1, 0.15) is 10.6 Å². The Bertz CT molecular complexity index is 843. The summed E-state index contributed by atoms with van der Waals surface area (Å²) in [6, 6.07) is 12.6. The minimum Gasteiger partial charge on any atom is -0.465 e. The molecule has 6 heteroatoms. The van der Waals surface area contributed by atoms with E-state index >= 15 is 0 Å². The molecule has 0 spiro atoms. The number of hydrogen-bond acceptors (Lipinski definition) is 5. The number of thiophene rings is 1. The minimum atomic E-state index is -0.475. The Balaban J connectivity index is 2.05. The molecule has 0 bridgehead atoms. The summed E-state index contributed by atoms with van der Waals surface area (Å²) in [6.45, 7) is 0. The highest BCUT2D eigenvalue weighted by Crippen LogP contribution is 2.36. The summed E-state index contributed by atoms with van der Waals surface area (Å²) >= 11 is 1.28. The second kappa shape index (κ2) is 5.95. The number of amides is 1. The summed E-state index contributed by atoms with van der Waals surface area (Å²) in [5, 5.41) is 3.58. The van der Waals surface area contributed by atoms with Crippen LogP contribution in [-0.2, 0) is 4.74 Å². The van der Waals surface area contributed by atoms with E-state index in [9.17, 15) is 9.59 Å². The fourth-order valence-electron chi connectivity index (χ4n) is 2.08. The fourth-order valence-corrected chi connectivity index (χ4v) is 3.16. The molecule has 0 aliphatic heterocycles. The predicted molar refractivity (Wildman–Crippen MR) is 85.4 cm³/mol. The number of rotatable bonds is 3. The summed E-state index contributed by atoms with van der Waals surface area (Å²) < 4.78 is 5.70. The molecule has 1 amide bonds. The third kappa shape index (κ3) is 2.56. The van der Waals surface area contributed by atoms with E-state index < -0.39 is 5.97 Å². The van der Waals surface area contributed by atoms with Crippen LogP contribution in [0.1, 0.15) is 20.2 Å². The van der Waals surface area contributed by atoms with Gasteiger partial charge in [-0.15, -0.1) is 11.3 Å². The van der Waals surface area contributed by atoms with E-state index in [0.29, 0.717) is 10.6 Å². The smallest absolute Gasteiger partial charge is 0.350 e. The van der Waals surface area contributed by atoms with Crippen molar-refractivity contribution in [3.8, 4) is 0 Å². The van der Waals surface area contributed by atoms with Crippen molar-refractivity contribution < 1.29 is 14.3 Å². The van der Waals surface area contributed by atoms with Crippen molar-refractivity contribution in [2.24, 2.45) is 0 Å². The van der Waals surface area contributed by atoms with Crippen molar-refractivity contribution in [3.63, 3.8) is 0 Å². The number of esters is 1. The number of anilines is 1. The largest absolute Gasteiger partial charge is 0.465 e. The molecule has 2 heterocycles. The number of nitrogens with zero attached hydrogens (tertiary/aromatic N) is 1. The van der Waals surface area contributed by atoms with Crippen LogP contribution in [0.5, 0.6) is 0 Å². The molecule has 0 radical (unpaired) electrons. The topological polar surface area (TPSA) is 68.3 Å². The highest BCUT2D eigenvalue weighted by molar-refractivity contribution is 7.21. The van der Waals surface area contributed by atoms with Gasteiger partial charge in [0.2, 0.25) is 0 Å². The zero-order valence-electron chi connectivity index (χ0n) is 11.7. The van der Waals surface area contributed by atoms with Crippen molar-refractivity contribution in [1.82, 2.24) is 4.98 Å². The molecule has 0 fully saturated rings. The number of pyridine rings is 1. The molecule has 3 rings (SSSR count). The third-order valence-electron chi connectivity index (χ3n) is 3.10. The van der Waals surface area contributed by atoms with Gasteiger partial charge in [0.25, 0.3) is 5.91 Å². The highest BCUT2D eigenvalue weighted by atomic mass is 32.1. The SMILES string of the molecule is COC(=O)c1sc2ccccc2c1NC(=O)c1ccccn1. The lowest BCUT2D eigenvalue weighted by Gasteiger charge is -2.06. The number of methoxy groups -OCH3 is 1. The first-order chi connectivity index (χ1) is 10.7.